The van der Waals surface area contributed by atoms with Gasteiger partial charge in [-0.25, -0.2) is 4.68 Å². The first kappa shape index (κ1) is 17.0. The number of hydrogen-bond acceptors (Lipinski definition) is 5. The predicted molar refractivity (Wildman–Crippen MR) is 104 cm³/mol. The van der Waals surface area contributed by atoms with Crippen molar-refractivity contribution >= 4 is 28.2 Å². The normalized spacial score (nSPS) is 19.7. The van der Waals surface area contributed by atoms with Gasteiger partial charge in [0.15, 0.2) is 0 Å². The highest BCUT2D eigenvalue weighted by Crippen LogP contribution is 2.36. The Morgan fingerprint density at radius 3 is 2.63 bits per heavy atom. The molecule has 1 saturated carbocycles. The summed E-state index contributed by atoms with van der Waals surface area (Å²) >= 11 is 6.54. The van der Waals surface area contributed by atoms with Crippen molar-refractivity contribution in [2.24, 2.45) is 0 Å². The molecule has 3 aromatic rings. The van der Waals surface area contributed by atoms with Crippen LogP contribution in [0.4, 0.5) is 5.69 Å². The fourth-order valence-corrected chi connectivity index (χ4v) is 4.07. The summed E-state index contributed by atoms with van der Waals surface area (Å²) in [6.45, 7) is 1.09. The first-order valence-electron chi connectivity index (χ1n) is 9.36. The summed E-state index contributed by atoms with van der Waals surface area (Å²) in [6.07, 6.45) is 9.13. The smallest absolute Gasteiger partial charge is 0.103 e. The van der Waals surface area contributed by atoms with Crippen molar-refractivity contribution in [1.82, 2.24) is 19.6 Å². The Balaban J connectivity index is 1.49. The van der Waals surface area contributed by atoms with E-state index in [1.165, 1.54) is 12.8 Å². The third-order valence-corrected chi connectivity index (χ3v) is 6.02. The molecule has 0 bridgehead atoms. The van der Waals surface area contributed by atoms with Crippen LogP contribution in [0.25, 0.3) is 16.6 Å². The van der Waals surface area contributed by atoms with Gasteiger partial charge in [0, 0.05) is 18.5 Å². The topological polar surface area (TPSA) is 79.3 Å². The van der Waals surface area contributed by atoms with Gasteiger partial charge < -0.3 is 15.1 Å². The zero-order chi connectivity index (χ0) is 18.6. The van der Waals surface area contributed by atoms with Crippen LogP contribution in [0.1, 0.15) is 31.7 Å². The van der Waals surface area contributed by atoms with Crippen LogP contribution in [-0.2, 0) is 0 Å². The molecule has 1 saturated heterocycles. The number of hydrogen-bond donors (Lipinski definition) is 2. The van der Waals surface area contributed by atoms with E-state index in [0.29, 0.717) is 37.0 Å². The Hall–Kier alpha value is -2.09. The first-order chi connectivity index (χ1) is 13.1. The maximum atomic E-state index is 10.3. The molecular formula is C19H22ClN5O2. The first-order valence-corrected chi connectivity index (χ1v) is 9.74. The lowest BCUT2D eigenvalue weighted by Gasteiger charge is -2.38. The van der Waals surface area contributed by atoms with Crippen molar-refractivity contribution in [2.75, 3.05) is 24.6 Å². The fourth-order valence-electron chi connectivity index (χ4n) is 3.78. The monoisotopic (exact) mass is 387 g/mol. The third-order valence-electron chi connectivity index (χ3n) is 5.72. The Kier molecular flexibility index (Phi) is 3.93. The van der Waals surface area contributed by atoms with E-state index in [1.807, 2.05) is 34.0 Å². The highest BCUT2D eigenvalue weighted by atomic mass is 35.5. The Labute approximate surface area is 161 Å². The highest BCUT2D eigenvalue weighted by molar-refractivity contribution is 6.34. The number of nitrogens with zero attached hydrogens (tertiary/aromatic N) is 5. The van der Waals surface area contributed by atoms with Crippen molar-refractivity contribution in [3.63, 3.8) is 0 Å². The number of benzene rings is 1. The van der Waals surface area contributed by atoms with Crippen LogP contribution in [0, 0.1) is 0 Å². The SMILES string of the molecule is OCC1(O)CCN(c2cc3c(cnn3-c3cnn(C4CC4)c3)cc2Cl)CC1. The highest BCUT2D eigenvalue weighted by Gasteiger charge is 2.32. The van der Waals surface area contributed by atoms with E-state index in [0.717, 1.165) is 22.3 Å². The Morgan fingerprint density at radius 1 is 1.15 bits per heavy atom. The maximum absolute atomic E-state index is 10.3. The molecule has 0 spiro atoms. The summed E-state index contributed by atoms with van der Waals surface area (Å²) in [7, 11) is 0. The quantitative estimate of drug-likeness (QED) is 0.719. The average molecular weight is 388 g/mol. The van der Waals surface area contributed by atoms with E-state index < -0.39 is 5.60 Å². The Morgan fingerprint density at radius 2 is 1.93 bits per heavy atom. The summed E-state index contributed by atoms with van der Waals surface area (Å²) in [6, 6.07) is 4.53. The lowest BCUT2D eigenvalue weighted by atomic mass is 9.92. The van der Waals surface area contributed by atoms with Gasteiger partial charge in [-0.1, -0.05) is 11.6 Å². The number of aliphatic hydroxyl groups excluding tert-OH is 1. The number of aliphatic hydroxyl groups is 2. The zero-order valence-corrected chi connectivity index (χ0v) is 15.7. The second kappa shape index (κ2) is 6.22. The molecule has 1 aliphatic heterocycles. The number of anilines is 1. The van der Waals surface area contributed by atoms with E-state index >= 15 is 0 Å². The molecule has 8 heteroatoms. The molecule has 2 N–H and O–H groups in total. The number of rotatable bonds is 4. The summed E-state index contributed by atoms with van der Waals surface area (Å²) in [5, 5.41) is 30.3. The van der Waals surface area contributed by atoms with Crippen LogP contribution in [-0.4, -0.2) is 55.1 Å². The molecule has 7 nitrogen and oxygen atoms in total. The van der Waals surface area contributed by atoms with E-state index in [9.17, 15) is 10.2 Å². The number of halogens is 1. The second-order valence-electron chi connectivity index (χ2n) is 7.70. The van der Waals surface area contributed by atoms with Gasteiger partial charge in [0.25, 0.3) is 0 Å². The minimum atomic E-state index is -0.980. The molecule has 0 radical (unpaired) electrons. The summed E-state index contributed by atoms with van der Waals surface area (Å²) in [5.74, 6) is 0. The van der Waals surface area contributed by atoms with E-state index in [1.54, 1.807) is 0 Å². The standard InChI is InChI=1S/C19H22ClN5O2/c20-16-7-13-9-22-25(15-10-21-24(11-15)14-1-2-14)17(13)8-18(16)23-5-3-19(27,12-26)4-6-23/h7-11,14,26-27H,1-6,12H2. The maximum Gasteiger partial charge on any atom is 0.103 e. The third kappa shape index (κ3) is 2.99. The largest absolute Gasteiger partial charge is 0.393 e. The molecule has 0 atom stereocenters. The van der Waals surface area contributed by atoms with E-state index in [2.05, 4.69) is 21.2 Å². The molecule has 0 unspecified atom stereocenters. The summed E-state index contributed by atoms with van der Waals surface area (Å²) in [5.41, 5.74) is 1.87. The van der Waals surface area contributed by atoms with Crippen molar-refractivity contribution in [3.05, 3.63) is 35.7 Å². The van der Waals surface area contributed by atoms with Gasteiger partial charge in [0.2, 0.25) is 0 Å². The van der Waals surface area contributed by atoms with Crippen LogP contribution >= 0.6 is 11.6 Å². The minimum absolute atomic E-state index is 0.203. The lowest BCUT2D eigenvalue weighted by molar-refractivity contribution is -0.0325. The predicted octanol–water partition coefficient (Wildman–Crippen LogP) is 2.53. The summed E-state index contributed by atoms with van der Waals surface area (Å²) < 4.78 is 3.91. The van der Waals surface area contributed by atoms with Crippen molar-refractivity contribution in [2.45, 2.75) is 37.3 Å². The van der Waals surface area contributed by atoms with Crippen molar-refractivity contribution in [3.8, 4) is 5.69 Å². The molecule has 2 aromatic heterocycles. The van der Waals surface area contributed by atoms with Gasteiger partial charge in [-0.15, -0.1) is 0 Å². The Bertz CT molecular complexity index is 985. The van der Waals surface area contributed by atoms with Crippen LogP contribution in [0.15, 0.2) is 30.7 Å². The second-order valence-corrected chi connectivity index (χ2v) is 8.11. The van der Waals surface area contributed by atoms with Crippen molar-refractivity contribution < 1.29 is 10.2 Å². The molecule has 1 aromatic carbocycles. The molecule has 0 amide bonds. The zero-order valence-electron chi connectivity index (χ0n) is 14.9. The number of fused-ring (bicyclic) bond motifs is 1. The molecule has 5 rings (SSSR count). The van der Waals surface area contributed by atoms with Crippen molar-refractivity contribution in [1.29, 1.82) is 0 Å². The lowest BCUT2D eigenvalue weighted by Crippen LogP contribution is -2.46. The molecular weight excluding hydrogens is 366 g/mol. The van der Waals surface area contributed by atoms with Crippen LogP contribution in [0.2, 0.25) is 5.02 Å². The molecule has 27 heavy (non-hydrogen) atoms. The van der Waals surface area contributed by atoms with Gasteiger partial charge in [-0.3, -0.25) is 4.68 Å². The van der Waals surface area contributed by atoms with Crippen LogP contribution < -0.4 is 4.90 Å². The van der Waals surface area contributed by atoms with Gasteiger partial charge in [0.1, 0.15) is 5.69 Å². The van der Waals surface area contributed by atoms with Gasteiger partial charge >= 0.3 is 0 Å². The van der Waals surface area contributed by atoms with Gasteiger partial charge in [0.05, 0.1) is 53.1 Å². The number of piperidine rings is 1. The van der Waals surface area contributed by atoms with Gasteiger partial charge in [-0.05, 0) is 37.8 Å². The molecule has 3 heterocycles. The number of aromatic nitrogens is 4. The molecule has 2 aliphatic rings. The average Bonchev–Trinajstić information content (AvgIpc) is 3.27. The van der Waals surface area contributed by atoms with E-state index in [-0.39, 0.29) is 6.61 Å². The summed E-state index contributed by atoms with van der Waals surface area (Å²) in [4.78, 5) is 2.16. The fraction of sp³-hybridized carbons (Fsp3) is 0.474. The van der Waals surface area contributed by atoms with E-state index in [4.69, 9.17) is 11.6 Å². The molecule has 1 aliphatic carbocycles. The van der Waals surface area contributed by atoms with Gasteiger partial charge in [-0.2, -0.15) is 10.2 Å². The van der Waals surface area contributed by atoms with Crippen LogP contribution in [0.5, 0.6) is 0 Å². The van der Waals surface area contributed by atoms with Crippen LogP contribution in [0.3, 0.4) is 0 Å². The molecule has 2 fully saturated rings. The molecule has 142 valence electrons. The minimum Gasteiger partial charge on any atom is -0.393 e.